The van der Waals surface area contributed by atoms with E-state index in [9.17, 15) is 14.7 Å². The maximum atomic E-state index is 12.6. The van der Waals surface area contributed by atoms with Crippen LogP contribution in [0.15, 0.2) is 58.3 Å². The van der Waals surface area contributed by atoms with Crippen LogP contribution >= 0.6 is 11.8 Å². The van der Waals surface area contributed by atoms with Crippen LogP contribution in [0.4, 0.5) is 0 Å². The molecule has 0 saturated heterocycles. The smallest absolute Gasteiger partial charge is 0.204 e. The standard InChI is InChI=1S/C20H18O3S/c1-20(2,3)12-7-9-13(10-8-12)24-17-11-16(22)14-5-4-6-15(21)18(14)19(17)23/h4-11,21H,1-3H3. The molecule has 0 fully saturated rings. The molecule has 3 rings (SSSR count). The van der Waals surface area contributed by atoms with Crippen LogP contribution < -0.4 is 0 Å². The van der Waals surface area contributed by atoms with E-state index in [0.29, 0.717) is 4.91 Å². The number of thioether (sulfide) groups is 1. The largest absolute Gasteiger partial charge is 0.507 e. The Balaban J connectivity index is 1.90. The second-order valence-corrected chi connectivity index (χ2v) is 7.89. The molecule has 3 nitrogen and oxygen atoms in total. The molecule has 0 unspecified atom stereocenters. The number of hydrogen-bond acceptors (Lipinski definition) is 4. The maximum Gasteiger partial charge on any atom is 0.204 e. The number of rotatable bonds is 2. The number of phenolic OH excluding ortho intramolecular Hbond substituents is 1. The van der Waals surface area contributed by atoms with Crippen molar-refractivity contribution in [2.24, 2.45) is 0 Å². The highest BCUT2D eigenvalue weighted by Crippen LogP contribution is 2.37. The SMILES string of the molecule is CC(C)(C)c1ccc(SC2=CC(=O)c3cccc(O)c3C2=O)cc1. The second-order valence-electron chi connectivity index (χ2n) is 6.78. The monoisotopic (exact) mass is 338 g/mol. The average Bonchev–Trinajstić information content (AvgIpc) is 2.52. The summed E-state index contributed by atoms with van der Waals surface area (Å²) >= 11 is 1.25. The van der Waals surface area contributed by atoms with E-state index in [1.807, 2.05) is 24.3 Å². The first kappa shape index (κ1) is 16.5. The molecule has 0 aliphatic heterocycles. The average molecular weight is 338 g/mol. The zero-order valence-corrected chi connectivity index (χ0v) is 14.6. The summed E-state index contributed by atoms with van der Waals surface area (Å²) in [7, 11) is 0. The van der Waals surface area contributed by atoms with Crippen molar-refractivity contribution in [3.63, 3.8) is 0 Å². The lowest BCUT2D eigenvalue weighted by Gasteiger charge is -2.19. The van der Waals surface area contributed by atoms with Crippen LogP contribution in [-0.4, -0.2) is 16.7 Å². The molecule has 0 radical (unpaired) electrons. The molecule has 24 heavy (non-hydrogen) atoms. The number of phenols is 1. The molecule has 0 amide bonds. The molecule has 1 aliphatic carbocycles. The van der Waals surface area contributed by atoms with Crippen molar-refractivity contribution in [2.45, 2.75) is 31.1 Å². The van der Waals surface area contributed by atoms with Gasteiger partial charge in [0.1, 0.15) is 5.75 Å². The predicted molar refractivity (Wildman–Crippen MR) is 95.8 cm³/mol. The van der Waals surface area contributed by atoms with E-state index in [2.05, 4.69) is 20.8 Å². The van der Waals surface area contributed by atoms with Crippen LogP contribution in [0.1, 0.15) is 47.1 Å². The maximum absolute atomic E-state index is 12.6. The number of ketones is 2. The third-order valence-corrected chi connectivity index (χ3v) is 5.00. The van der Waals surface area contributed by atoms with Gasteiger partial charge in [-0.25, -0.2) is 0 Å². The predicted octanol–water partition coefficient (Wildman–Crippen LogP) is 4.74. The molecule has 0 saturated carbocycles. The van der Waals surface area contributed by atoms with Crippen LogP contribution in [0.5, 0.6) is 5.75 Å². The first-order valence-corrected chi connectivity index (χ1v) is 8.50. The molecule has 122 valence electrons. The van der Waals surface area contributed by atoms with Crippen molar-refractivity contribution < 1.29 is 14.7 Å². The van der Waals surface area contributed by atoms with Crippen LogP contribution in [-0.2, 0) is 5.41 Å². The molecule has 1 aliphatic rings. The Labute approximate surface area is 145 Å². The molecule has 0 spiro atoms. The number of Topliss-reactive ketones (excluding diaryl/α,β-unsaturated/α-hetero) is 1. The summed E-state index contributed by atoms with van der Waals surface area (Å²) in [4.78, 5) is 26.0. The number of aromatic hydroxyl groups is 1. The highest BCUT2D eigenvalue weighted by atomic mass is 32.2. The molecule has 2 aromatic rings. The Hall–Kier alpha value is -2.33. The Kier molecular flexibility index (Phi) is 4.10. The van der Waals surface area contributed by atoms with E-state index in [1.165, 1.54) is 29.5 Å². The van der Waals surface area contributed by atoms with Crippen molar-refractivity contribution in [3.8, 4) is 5.75 Å². The van der Waals surface area contributed by atoms with Gasteiger partial charge in [-0.05, 0) is 29.2 Å². The van der Waals surface area contributed by atoms with Crippen LogP contribution in [0, 0.1) is 0 Å². The Morgan fingerprint density at radius 2 is 1.62 bits per heavy atom. The van der Waals surface area contributed by atoms with Gasteiger partial charge in [0, 0.05) is 16.5 Å². The third kappa shape index (κ3) is 3.02. The van der Waals surface area contributed by atoms with Gasteiger partial charge in [0.05, 0.1) is 10.5 Å². The Bertz CT molecular complexity index is 855. The minimum Gasteiger partial charge on any atom is -0.507 e. The molecule has 2 aromatic carbocycles. The highest BCUT2D eigenvalue weighted by molar-refractivity contribution is 8.04. The normalized spacial score (nSPS) is 14.4. The quantitative estimate of drug-likeness (QED) is 0.859. The van der Waals surface area contributed by atoms with Gasteiger partial charge in [-0.15, -0.1) is 0 Å². The number of carbonyl (C=O) groups is 2. The van der Waals surface area contributed by atoms with Gasteiger partial charge >= 0.3 is 0 Å². The minimum absolute atomic E-state index is 0.0593. The van der Waals surface area contributed by atoms with Crippen molar-refractivity contribution >= 4 is 23.3 Å². The van der Waals surface area contributed by atoms with E-state index in [-0.39, 0.29) is 33.9 Å². The second kappa shape index (κ2) is 5.95. The van der Waals surface area contributed by atoms with E-state index < -0.39 is 0 Å². The van der Waals surface area contributed by atoms with E-state index in [4.69, 9.17) is 0 Å². The van der Waals surface area contributed by atoms with Crippen LogP contribution in [0.3, 0.4) is 0 Å². The summed E-state index contributed by atoms with van der Waals surface area (Å²) in [6.07, 6.45) is 1.35. The summed E-state index contributed by atoms with van der Waals surface area (Å²) in [5.41, 5.74) is 1.62. The molecule has 0 bridgehead atoms. The van der Waals surface area contributed by atoms with Gasteiger partial charge in [-0.1, -0.05) is 56.8 Å². The van der Waals surface area contributed by atoms with E-state index in [1.54, 1.807) is 12.1 Å². The summed E-state index contributed by atoms with van der Waals surface area (Å²) in [5.74, 6) is -0.720. The molecule has 4 heteroatoms. The minimum atomic E-state index is -0.312. The molecule has 0 heterocycles. The molecule has 0 aromatic heterocycles. The van der Waals surface area contributed by atoms with Gasteiger partial charge in [0.15, 0.2) is 5.78 Å². The molecular formula is C20H18O3S. The lowest BCUT2D eigenvalue weighted by Crippen LogP contribution is -2.15. The topological polar surface area (TPSA) is 54.4 Å². The van der Waals surface area contributed by atoms with Crippen molar-refractivity contribution in [3.05, 3.63) is 70.1 Å². The fourth-order valence-corrected chi connectivity index (χ4v) is 3.48. The van der Waals surface area contributed by atoms with E-state index >= 15 is 0 Å². The van der Waals surface area contributed by atoms with Gasteiger partial charge in [0.25, 0.3) is 0 Å². The zero-order valence-electron chi connectivity index (χ0n) is 13.8. The number of carbonyl (C=O) groups excluding carboxylic acids is 2. The van der Waals surface area contributed by atoms with Crippen molar-refractivity contribution in [1.29, 1.82) is 0 Å². The first-order valence-electron chi connectivity index (χ1n) is 7.68. The van der Waals surface area contributed by atoms with Gasteiger partial charge in [-0.3, -0.25) is 9.59 Å². The number of benzene rings is 2. The van der Waals surface area contributed by atoms with E-state index in [0.717, 1.165) is 4.90 Å². The highest BCUT2D eigenvalue weighted by Gasteiger charge is 2.28. The van der Waals surface area contributed by atoms with Gasteiger partial charge in [0.2, 0.25) is 5.78 Å². The Morgan fingerprint density at radius 1 is 0.958 bits per heavy atom. The third-order valence-electron chi connectivity index (χ3n) is 3.97. The summed E-state index contributed by atoms with van der Waals surface area (Å²) in [5, 5.41) is 9.94. The lowest BCUT2D eigenvalue weighted by atomic mass is 9.87. The zero-order chi connectivity index (χ0) is 17.5. The summed E-state index contributed by atoms with van der Waals surface area (Å²) < 4.78 is 0. The number of hydrogen-bond donors (Lipinski definition) is 1. The fourth-order valence-electron chi connectivity index (χ4n) is 2.60. The first-order chi connectivity index (χ1) is 11.3. The number of allylic oxidation sites excluding steroid dienone is 2. The van der Waals surface area contributed by atoms with Crippen molar-refractivity contribution in [2.75, 3.05) is 0 Å². The lowest BCUT2D eigenvalue weighted by molar-refractivity contribution is 0.0989. The van der Waals surface area contributed by atoms with Crippen LogP contribution in [0.2, 0.25) is 0 Å². The summed E-state index contributed by atoms with van der Waals surface area (Å²) in [6.45, 7) is 6.42. The molecule has 1 N–H and O–H groups in total. The number of fused-ring (bicyclic) bond motifs is 1. The van der Waals surface area contributed by atoms with Crippen molar-refractivity contribution in [1.82, 2.24) is 0 Å². The van der Waals surface area contributed by atoms with Gasteiger partial charge < -0.3 is 5.11 Å². The molecular weight excluding hydrogens is 320 g/mol. The van der Waals surface area contributed by atoms with Gasteiger partial charge in [-0.2, -0.15) is 0 Å². The van der Waals surface area contributed by atoms with Crippen LogP contribution in [0.25, 0.3) is 0 Å². The fraction of sp³-hybridized carbons (Fsp3) is 0.200. The Morgan fingerprint density at radius 3 is 2.25 bits per heavy atom. The molecule has 0 atom stereocenters. The summed E-state index contributed by atoms with van der Waals surface area (Å²) in [6, 6.07) is 12.5.